The number of cyclic esters (lactones) is 1. The molecule has 0 radical (unpaired) electrons. The van der Waals surface area contributed by atoms with Crippen LogP contribution < -0.4 is 0 Å². The first-order valence-corrected chi connectivity index (χ1v) is 35.0. The van der Waals surface area contributed by atoms with Crippen molar-refractivity contribution in [2.75, 3.05) is 47.3 Å². The van der Waals surface area contributed by atoms with Crippen molar-refractivity contribution < 1.29 is 157 Å². The molecule has 0 aromatic carbocycles. The lowest BCUT2D eigenvalue weighted by molar-refractivity contribution is -0.397. The number of rotatable bonds is 22. The Morgan fingerprint density at radius 1 is 0.535 bits per heavy atom. The average molecular weight is 1430 g/mol. The second kappa shape index (κ2) is 30.2. The maximum Gasteiger partial charge on any atom is 0.314 e. The Labute approximate surface area is 574 Å². The Balaban J connectivity index is 0.837. The van der Waals surface area contributed by atoms with E-state index in [0.29, 0.717) is 44.4 Å². The first-order chi connectivity index (χ1) is 46.7. The summed E-state index contributed by atoms with van der Waals surface area (Å²) in [4.78, 5) is 29.1. The normalized spacial score (nSPS) is 52.2. The van der Waals surface area contributed by atoms with E-state index < -0.39 is 250 Å². The van der Waals surface area contributed by atoms with Crippen LogP contribution in [0.25, 0.3) is 0 Å². The number of fused-ring (bicyclic) bond motifs is 4. The van der Waals surface area contributed by atoms with Gasteiger partial charge in [-0.25, -0.2) is 0 Å². The summed E-state index contributed by atoms with van der Waals surface area (Å²) in [6, 6.07) is 0. The summed E-state index contributed by atoms with van der Waals surface area (Å²) in [6.07, 6.45) is -42.2. The van der Waals surface area contributed by atoms with Crippen LogP contribution in [0.3, 0.4) is 0 Å². The number of methoxy groups -OCH3 is 2. The molecule has 7 aliphatic heterocycles. The highest BCUT2D eigenvalue weighted by Gasteiger charge is 2.79. The summed E-state index contributed by atoms with van der Waals surface area (Å²) in [6.45, 7) is 12.4. The zero-order chi connectivity index (χ0) is 72.1. The molecule has 10 fully saturated rings. The van der Waals surface area contributed by atoms with E-state index in [4.69, 9.17) is 71.1 Å². The van der Waals surface area contributed by atoms with Crippen LogP contribution in [0.2, 0.25) is 0 Å². The van der Waals surface area contributed by atoms with Crippen molar-refractivity contribution in [1.82, 2.24) is 0 Å². The summed E-state index contributed by atoms with van der Waals surface area (Å²) >= 11 is 0. The van der Waals surface area contributed by atoms with E-state index in [9.17, 15) is 86.2 Å². The molecule has 11 rings (SSSR count). The number of Topliss-reactive ketones (excluding diaryl/α,β-unsaturated/α-hetero) is 1. The minimum atomic E-state index is -2.08. The van der Waals surface area contributed by atoms with E-state index in [2.05, 4.69) is 47.6 Å². The first-order valence-electron chi connectivity index (χ1n) is 35.0. The molecule has 568 valence electrons. The highest BCUT2D eigenvalue weighted by molar-refractivity contribution is 5.99. The topological polar surface area (TPSA) is 476 Å². The molecule has 0 aromatic rings. The van der Waals surface area contributed by atoms with Crippen molar-refractivity contribution in [3.05, 3.63) is 11.6 Å². The fourth-order valence-electron chi connectivity index (χ4n) is 19.2. The van der Waals surface area contributed by atoms with Gasteiger partial charge in [-0.1, -0.05) is 59.6 Å². The number of esters is 1. The third-order valence-corrected chi connectivity index (χ3v) is 24.5. The lowest BCUT2D eigenvalue weighted by Gasteiger charge is -2.63. The van der Waals surface area contributed by atoms with E-state index in [1.54, 1.807) is 0 Å². The van der Waals surface area contributed by atoms with Gasteiger partial charge in [0.1, 0.15) is 146 Å². The average Bonchev–Trinajstić information content (AvgIpc) is 1.52. The molecule has 37 unspecified atom stereocenters. The smallest absolute Gasteiger partial charge is 0.314 e. The molecule has 7 heterocycles. The molecule has 32 nitrogen and oxygen atoms in total. The quantitative estimate of drug-likeness (QED) is 0.0281. The SMILES string of the molecule is COC1C(O)C(CO)OC(OC2C(O)C(CO)OC(OC3COC(OC4CCC5(C)C6=CCC78C(=O)OC(C)(CCCC(C)C)C7C(=O)CC8(C)C6CCC5C4(C)C)C(OC4OC(C)C(OC5OC(CO)C(O)C(OC6OC(CO)C(O)C(OC)C6O)C5O)C(O)C4O)C3O)C2O)C1O. The van der Waals surface area contributed by atoms with Gasteiger partial charge in [0.15, 0.2) is 37.7 Å². The molecule has 37 atom stereocenters. The van der Waals surface area contributed by atoms with Gasteiger partial charge in [0.05, 0.1) is 56.6 Å². The summed E-state index contributed by atoms with van der Waals surface area (Å²) in [5.74, 6) is -0.494. The van der Waals surface area contributed by atoms with Crippen LogP contribution in [0.15, 0.2) is 11.6 Å². The lowest BCUT2D eigenvalue weighted by atomic mass is 9.41. The Bertz CT molecular complexity index is 2780. The number of hydrogen-bond donors (Lipinski definition) is 15. The van der Waals surface area contributed by atoms with Gasteiger partial charge in [-0.2, -0.15) is 0 Å². The zero-order valence-electron chi connectivity index (χ0n) is 57.8. The Kier molecular flexibility index (Phi) is 23.7. The van der Waals surface area contributed by atoms with Crippen molar-refractivity contribution in [3.8, 4) is 0 Å². The van der Waals surface area contributed by atoms with Gasteiger partial charge in [-0.3, -0.25) is 9.59 Å². The van der Waals surface area contributed by atoms with Gasteiger partial charge in [0.2, 0.25) is 0 Å². The van der Waals surface area contributed by atoms with Crippen molar-refractivity contribution in [2.24, 2.45) is 45.3 Å². The van der Waals surface area contributed by atoms with Crippen LogP contribution in [-0.2, 0) is 80.6 Å². The Hall–Kier alpha value is -2.28. The molecule has 4 aliphatic carbocycles. The van der Waals surface area contributed by atoms with Gasteiger partial charge >= 0.3 is 5.97 Å². The number of allylic oxidation sites excluding steroid dienone is 2. The first kappa shape index (κ1) is 77.8. The number of carbonyl (C=O) groups is 2. The van der Waals surface area contributed by atoms with Crippen LogP contribution in [0.5, 0.6) is 0 Å². The molecular formula is C67H108O32. The van der Waals surface area contributed by atoms with E-state index in [1.807, 2.05) is 6.92 Å². The molecule has 32 heteroatoms. The third kappa shape index (κ3) is 13.5. The number of aliphatic hydroxyl groups excluding tert-OH is 15. The molecular weight excluding hydrogens is 1320 g/mol. The highest BCUT2D eigenvalue weighted by Crippen LogP contribution is 2.75. The second-order valence-corrected chi connectivity index (χ2v) is 31.1. The zero-order valence-corrected chi connectivity index (χ0v) is 57.8. The molecule has 99 heavy (non-hydrogen) atoms. The van der Waals surface area contributed by atoms with Crippen LogP contribution >= 0.6 is 0 Å². The number of hydrogen-bond acceptors (Lipinski definition) is 32. The van der Waals surface area contributed by atoms with Gasteiger partial charge < -0.3 is 148 Å². The van der Waals surface area contributed by atoms with E-state index in [1.165, 1.54) is 26.7 Å². The van der Waals surface area contributed by atoms with Crippen molar-refractivity contribution in [1.29, 1.82) is 0 Å². The van der Waals surface area contributed by atoms with Gasteiger partial charge in [-0.15, -0.1) is 0 Å². The van der Waals surface area contributed by atoms with Gasteiger partial charge in [0.25, 0.3) is 0 Å². The minimum absolute atomic E-state index is 0.0590. The van der Waals surface area contributed by atoms with Crippen LogP contribution in [0.4, 0.5) is 0 Å². The molecule has 7 saturated heterocycles. The molecule has 1 spiro atoms. The lowest BCUT2D eigenvalue weighted by Crippen LogP contribution is -2.67. The Morgan fingerprint density at radius 2 is 1.01 bits per heavy atom. The number of ketones is 1. The molecule has 3 saturated carbocycles. The number of ether oxygens (including phenoxy) is 15. The van der Waals surface area contributed by atoms with Crippen molar-refractivity contribution in [3.63, 3.8) is 0 Å². The van der Waals surface area contributed by atoms with Gasteiger partial charge in [0, 0.05) is 20.6 Å². The second-order valence-electron chi connectivity index (χ2n) is 31.1. The standard InChI is InChI=1S/C67H108O32/c1-26(2)12-11-17-66(8)55-30(72)20-65(7)29-13-14-36-63(4,5)37(16-18-64(36,6)28(29)15-19-67(55,65)62(84)99-66)94-61-54(42(77)35(25-87-61)93-57-47(82)52(40(75)33(23-70)89-57)96-58-45(80)50(85-9)38(73)31(21-68)90-58)98-56-44(79)43(78)49(27(3)88-56)95-60-48(83)53(41(76)34(24-71)92-60)97-59-46(81)51(86-10)39(74)32(22-69)91-59/h15,26-27,29,31-61,68-71,73-83H,11-14,16-25H2,1-10H3. The number of aliphatic hydroxyl groups is 15. The molecule has 0 aromatic heterocycles. The molecule has 0 amide bonds. The Morgan fingerprint density at radius 3 is 1.52 bits per heavy atom. The maximum absolute atomic E-state index is 14.6. The largest absolute Gasteiger partial charge is 0.458 e. The summed E-state index contributed by atoms with van der Waals surface area (Å²) in [5.41, 5.74) is -2.53. The van der Waals surface area contributed by atoms with E-state index >= 15 is 0 Å². The highest BCUT2D eigenvalue weighted by atomic mass is 16.8. The molecule has 11 aliphatic rings. The summed E-state index contributed by atoms with van der Waals surface area (Å²) in [5, 5.41) is 167. The fourth-order valence-corrected chi connectivity index (χ4v) is 19.2. The van der Waals surface area contributed by atoms with Crippen molar-refractivity contribution in [2.45, 2.75) is 303 Å². The minimum Gasteiger partial charge on any atom is -0.458 e. The maximum atomic E-state index is 14.6. The van der Waals surface area contributed by atoms with E-state index in [0.717, 1.165) is 12.8 Å². The fraction of sp³-hybridized carbons (Fsp3) is 0.940. The summed E-state index contributed by atoms with van der Waals surface area (Å²) in [7, 11) is 2.36. The third-order valence-electron chi connectivity index (χ3n) is 24.5. The summed E-state index contributed by atoms with van der Waals surface area (Å²) < 4.78 is 90.1. The van der Waals surface area contributed by atoms with Crippen LogP contribution in [-0.4, -0.2) is 325 Å². The predicted molar refractivity (Wildman–Crippen MR) is 331 cm³/mol. The number of carbonyl (C=O) groups excluding carboxylic acids is 2. The van der Waals surface area contributed by atoms with E-state index in [-0.39, 0.29) is 30.0 Å². The molecule has 0 bridgehead atoms. The predicted octanol–water partition coefficient (Wildman–Crippen LogP) is -3.83. The van der Waals surface area contributed by atoms with Crippen molar-refractivity contribution >= 4 is 11.8 Å². The van der Waals surface area contributed by atoms with Gasteiger partial charge in [-0.05, 0) is 92.8 Å². The van der Waals surface area contributed by atoms with Crippen LogP contribution in [0, 0.1) is 45.3 Å². The monoisotopic (exact) mass is 1420 g/mol. The van der Waals surface area contributed by atoms with Crippen LogP contribution in [0.1, 0.15) is 113 Å². The molecule has 15 N–H and O–H groups in total.